The molecule has 1 saturated carbocycles. The predicted molar refractivity (Wildman–Crippen MR) is 109 cm³/mol. The number of carbonyl (C=O) groups is 1. The first-order valence-electron chi connectivity index (χ1n) is 9.01. The molecule has 7 heteroatoms. The van der Waals surface area contributed by atoms with Crippen molar-refractivity contribution >= 4 is 31.9 Å². The minimum absolute atomic E-state index is 0.0158. The van der Waals surface area contributed by atoms with Crippen LogP contribution in [0.3, 0.4) is 0 Å². The van der Waals surface area contributed by atoms with E-state index < -0.39 is 10.0 Å². The minimum Gasteiger partial charge on any atom is -0.345 e. The SMILES string of the molecule is CCc1ccc(C(C)NC(=O)c2cc(S(=O)(=O)NC3CC3)ccc2Br)cc1. The first-order valence-corrected chi connectivity index (χ1v) is 11.3. The van der Waals surface area contributed by atoms with E-state index in [2.05, 4.69) is 32.9 Å². The maximum absolute atomic E-state index is 12.7. The van der Waals surface area contributed by atoms with Crippen molar-refractivity contribution in [3.8, 4) is 0 Å². The summed E-state index contributed by atoms with van der Waals surface area (Å²) in [5.41, 5.74) is 2.53. The fourth-order valence-electron chi connectivity index (χ4n) is 2.73. The maximum Gasteiger partial charge on any atom is 0.252 e. The zero-order chi connectivity index (χ0) is 19.6. The summed E-state index contributed by atoms with van der Waals surface area (Å²) in [6, 6.07) is 12.4. The molecule has 1 atom stereocenters. The summed E-state index contributed by atoms with van der Waals surface area (Å²) in [5, 5.41) is 2.94. The summed E-state index contributed by atoms with van der Waals surface area (Å²) in [6.45, 7) is 4.00. The molecular weight excluding hydrogens is 428 g/mol. The van der Waals surface area contributed by atoms with Gasteiger partial charge in [-0.2, -0.15) is 0 Å². The summed E-state index contributed by atoms with van der Waals surface area (Å²) in [4.78, 5) is 12.8. The van der Waals surface area contributed by atoms with Crippen LogP contribution < -0.4 is 10.0 Å². The molecule has 1 fully saturated rings. The first-order chi connectivity index (χ1) is 12.8. The monoisotopic (exact) mass is 450 g/mol. The van der Waals surface area contributed by atoms with Crippen LogP contribution in [0.5, 0.6) is 0 Å². The van der Waals surface area contributed by atoms with E-state index in [1.54, 1.807) is 6.07 Å². The van der Waals surface area contributed by atoms with Gasteiger partial charge >= 0.3 is 0 Å². The van der Waals surface area contributed by atoms with Gasteiger partial charge in [0.15, 0.2) is 0 Å². The van der Waals surface area contributed by atoms with E-state index in [1.165, 1.54) is 17.7 Å². The minimum atomic E-state index is -3.61. The lowest BCUT2D eigenvalue weighted by atomic mass is 10.0. The van der Waals surface area contributed by atoms with Crippen molar-refractivity contribution in [1.82, 2.24) is 10.0 Å². The smallest absolute Gasteiger partial charge is 0.252 e. The van der Waals surface area contributed by atoms with Gasteiger partial charge in [0.2, 0.25) is 10.0 Å². The average Bonchev–Trinajstić information content (AvgIpc) is 3.45. The molecule has 2 aromatic rings. The van der Waals surface area contributed by atoms with E-state index >= 15 is 0 Å². The molecule has 5 nitrogen and oxygen atoms in total. The van der Waals surface area contributed by atoms with Crippen LogP contribution in [0.1, 0.15) is 54.2 Å². The molecule has 0 heterocycles. The number of rotatable bonds is 7. The number of nitrogens with one attached hydrogen (secondary N) is 2. The van der Waals surface area contributed by atoms with Crippen molar-refractivity contribution in [3.05, 3.63) is 63.6 Å². The lowest BCUT2D eigenvalue weighted by Crippen LogP contribution is -2.28. The summed E-state index contributed by atoms with van der Waals surface area (Å²) in [7, 11) is -3.61. The number of sulfonamides is 1. The third-order valence-electron chi connectivity index (χ3n) is 4.63. The number of halogens is 1. The molecule has 2 N–H and O–H groups in total. The second-order valence-electron chi connectivity index (χ2n) is 6.83. The Morgan fingerprint density at radius 2 is 1.85 bits per heavy atom. The highest BCUT2D eigenvalue weighted by molar-refractivity contribution is 9.10. The molecule has 0 saturated heterocycles. The number of carbonyl (C=O) groups excluding carboxylic acids is 1. The van der Waals surface area contributed by atoms with Crippen molar-refractivity contribution in [2.24, 2.45) is 0 Å². The largest absolute Gasteiger partial charge is 0.345 e. The van der Waals surface area contributed by atoms with Crippen LogP contribution in [0, 0.1) is 0 Å². The molecule has 0 bridgehead atoms. The Labute approximate surface area is 168 Å². The van der Waals surface area contributed by atoms with Crippen molar-refractivity contribution < 1.29 is 13.2 Å². The van der Waals surface area contributed by atoms with E-state index in [1.807, 2.05) is 31.2 Å². The summed E-state index contributed by atoms with van der Waals surface area (Å²) >= 11 is 3.35. The molecule has 1 aliphatic rings. The molecule has 27 heavy (non-hydrogen) atoms. The van der Waals surface area contributed by atoms with E-state index in [0.29, 0.717) is 10.0 Å². The van der Waals surface area contributed by atoms with Crippen LogP contribution in [-0.2, 0) is 16.4 Å². The molecule has 0 aliphatic heterocycles. The molecule has 0 radical (unpaired) electrons. The number of amides is 1. The molecule has 0 spiro atoms. The van der Waals surface area contributed by atoms with Gasteiger partial charge in [0.1, 0.15) is 0 Å². The number of aryl methyl sites for hydroxylation is 1. The number of hydrogen-bond acceptors (Lipinski definition) is 3. The second-order valence-corrected chi connectivity index (χ2v) is 9.40. The highest BCUT2D eigenvalue weighted by Gasteiger charge is 2.28. The van der Waals surface area contributed by atoms with Gasteiger partial charge in [0, 0.05) is 10.5 Å². The number of hydrogen-bond donors (Lipinski definition) is 2. The fourth-order valence-corrected chi connectivity index (χ4v) is 4.49. The van der Waals surface area contributed by atoms with Gasteiger partial charge < -0.3 is 5.32 Å². The standard InChI is InChI=1S/C20H23BrN2O3S/c1-3-14-4-6-15(7-5-14)13(2)22-20(24)18-12-17(10-11-19(18)21)27(25,26)23-16-8-9-16/h4-7,10-13,16,23H,3,8-9H2,1-2H3,(H,22,24). The van der Waals surface area contributed by atoms with Gasteiger partial charge in [-0.1, -0.05) is 31.2 Å². The van der Waals surface area contributed by atoms with Crippen molar-refractivity contribution in [2.75, 3.05) is 0 Å². The lowest BCUT2D eigenvalue weighted by molar-refractivity contribution is 0.0939. The van der Waals surface area contributed by atoms with Crippen LogP contribution in [0.4, 0.5) is 0 Å². The Morgan fingerprint density at radius 3 is 2.44 bits per heavy atom. The van der Waals surface area contributed by atoms with Gasteiger partial charge in [0.05, 0.1) is 16.5 Å². The zero-order valence-electron chi connectivity index (χ0n) is 15.3. The fraction of sp³-hybridized carbons (Fsp3) is 0.350. The van der Waals surface area contributed by atoms with E-state index in [9.17, 15) is 13.2 Å². The van der Waals surface area contributed by atoms with Crippen LogP contribution in [-0.4, -0.2) is 20.4 Å². The third-order valence-corrected chi connectivity index (χ3v) is 6.84. The Bertz CT molecular complexity index is 938. The lowest BCUT2D eigenvalue weighted by Gasteiger charge is -2.16. The molecule has 1 unspecified atom stereocenters. The molecule has 0 aromatic heterocycles. The van der Waals surface area contributed by atoms with Crippen LogP contribution in [0.2, 0.25) is 0 Å². The molecular formula is C20H23BrN2O3S. The highest BCUT2D eigenvalue weighted by atomic mass is 79.9. The van der Waals surface area contributed by atoms with Crippen LogP contribution in [0.25, 0.3) is 0 Å². The topological polar surface area (TPSA) is 75.3 Å². The zero-order valence-corrected chi connectivity index (χ0v) is 17.7. The summed E-state index contributed by atoms with van der Waals surface area (Å²) < 4.78 is 28.0. The van der Waals surface area contributed by atoms with Crippen molar-refractivity contribution in [2.45, 2.75) is 50.1 Å². The van der Waals surface area contributed by atoms with Gasteiger partial charge in [0.25, 0.3) is 5.91 Å². The Kier molecular flexibility index (Phi) is 6.03. The Balaban J connectivity index is 1.77. The number of benzene rings is 2. The van der Waals surface area contributed by atoms with E-state index in [4.69, 9.17) is 0 Å². The average molecular weight is 451 g/mol. The Hall–Kier alpha value is -1.70. The molecule has 3 rings (SSSR count). The normalized spacial score (nSPS) is 15.4. The van der Waals surface area contributed by atoms with E-state index in [0.717, 1.165) is 24.8 Å². The quantitative estimate of drug-likeness (QED) is 0.670. The van der Waals surface area contributed by atoms with Gasteiger partial charge in [-0.05, 0) is 71.4 Å². The van der Waals surface area contributed by atoms with E-state index in [-0.39, 0.29) is 22.9 Å². The first kappa shape index (κ1) is 20.0. The van der Waals surface area contributed by atoms with Crippen molar-refractivity contribution in [1.29, 1.82) is 0 Å². The van der Waals surface area contributed by atoms with Crippen LogP contribution in [0.15, 0.2) is 51.8 Å². The second kappa shape index (κ2) is 8.12. The molecule has 2 aromatic carbocycles. The van der Waals surface area contributed by atoms with Gasteiger partial charge in [-0.15, -0.1) is 0 Å². The Morgan fingerprint density at radius 1 is 1.19 bits per heavy atom. The van der Waals surface area contributed by atoms with Crippen LogP contribution >= 0.6 is 15.9 Å². The molecule has 1 amide bonds. The summed E-state index contributed by atoms with van der Waals surface area (Å²) in [5.74, 6) is -0.322. The van der Waals surface area contributed by atoms with Gasteiger partial charge in [-0.3, -0.25) is 4.79 Å². The predicted octanol–water partition coefficient (Wildman–Crippen LogP) is 3.94. The third kappa shape index (κ3) is 4.97. The summed E-state index contributed by atoms with van der Waals surface area (Å²) in [6.07, 6.45) is 2.68. The maximum atomic E-state index is 12.7. The molecule has 144 valence electrons. The highest BCUT2D eigenvalue weighted by Crippen LogP contribution is 2.25. The van der Waals surface area contributed by atoms with Crippen molar-refractivity contribution in [3.63, 3.8) is 0 Å². The van der Waals surface area contributed by atoms with Gasteiger partial charge in [-0.25, -0.2) is 13.1 Å². The molecule has 1 aliphatic carbocycles.